The molecule has 0 aliphatic heterocycles. The van der Waals surface area contributed by atoms with Gasteiger partial charge in [0.1, 0.15) is 0 Å². The van der Waals surface area contributed by atoms with Gasteiger partial charge in [-0.2, -0.15) is 0 Å². The van der Waals surface area contributed by atoms with Crippen LogP contribution in [0.5, 0.6) is 0 Å². The topological polar surface area (TPSA) is 98.0 Å². The van der Waals surface area contributed by atoms with Crippen LogP contribution in [-0.2, 0) is 23.1 Å². The van der Waals surface area contributed by atoms with Crippen LogP contribution < -0.4 is 10.5 Å². The van der Waals surface area contributed by atoms with Crippen molar-refractivity contribution >= 4 is 21.4 Å². The first-order valence-corrected chi connectivity index (χ1v) is 7.50. The van der Waals surface area contributed by atoms with Crippen molar-refractivity contribution in [3.63, 3.8) is 0 Å². The molecule has 2 aromatic rings. The van der Waals surface area contributed by atoms with Crippen molar-refractivity contribution in [2.24, 2.45) is 5.73 Å². The summed E-state index contributed by atoms with van der Waals surface area (Å²) in [7, 11) is -3.58. The van der Waals surface area contributed by atoms with Crippen molar-refractivity contribution in [1.82, 2.24) is 14.7 Å². The molecule has 0 atom stereocenters. The first-order chi connectivity index (χ1) is 8.62. The van der Waals surface area contributed by atoms with Gasteiger partial charge < -0.3 is 5.73 Å². The molecule has 2 rings (SSSR count). The lowest BCUT2D eigenvalue weighted by molar-refractivity contribution is 0.577. The van der Waals surface area contributed by atoms with Gasteiger partial charge in [0.2, 0.25) is 0 Å². The van der Waals surface area contributed by atoms with Crippen LogP contribution in [0.25, 0.3) is 0 Å². The van der Waals surface area contributed by atoms with Crippen molar-refractivity contribution in [3.05, 3.63) is 40.5 Å². The summed E-state index contributed by atoms with van der Waals surface area (Å²) < 4.78 is 26.3. The molecule has 8 heteroatoms. The number of pyridine rings is 1. The number of nitrogens with zero attached hydrogens (tertiary/aromatic N) is 2. The van der Waals surface area contributed by atoms with Crippen LogP contribution in [0.2, 0.25) is 0 Å². The monoisotopic (exact) mass is 284 g/mol. The van der Waals surface area contributed by atoms with E-state index < -0.39 is 10.0 Å². The maximum absolute atomic E-state index is 11.9. The van der Waals surface area contributed by atoms with Crippen LogP contribution in [0.1, 0.15) is 10.4 Å². The molecule has 0 aliphatic carbocycles. The zero-order valence-electron chi connectivity index (χ0n) is 9.41. The van der Waals surface area contributed by atoms with Crippen molar-refractivity contribution < 1.29 is 8.42 Å². The second-order valence-electron chi connectivity index (χ2n) is 3.50. The molecule has 0 spiro atoms. The molecule has 2 heterocycles. The molecule has 0 bridgehead atoms. The van der Waals surface area contributed by atoms with E-state index in [4.69, 9.17) is 5.73 Å². The molecule has 0 saturated carbocycles. The maximum atomic E-state index is 11.9. The molecule has 18 heavy (non-hydrogen) atoms. The quantitative estimate of drug-likeness (QED) is 0.832. The van der Waals surface area contributed by atoms with Crippen LogP contribution in [0.15, 0.2) is 35.1 Å². The van der Waals surface area contributed by atoms with E-state index in [0.29, 0.717) is 6.54 Å². The Balaban J connectivity index is 2.09. The third-order valence-corrected chi connectivity index (χ3v) is 4.32. The van der Waals surface area contributed by atoms with Gasteiger partial charge in [-0.15, -0.1) is 11.3 Å². The molecule has 3 N–H and O–H groups in total. The Bertz CT molecular complexity index is 593. The first kappa shape index (κ1) is 13.1. The van der Waals surface area contributed by atoms with Gasteiger partial charge in [0.15, 0.2) is 5.03 Å². The minimum Gasteiger partial charge on any atom is -0.326 e. The minimum absolute atomic E-state index is 0.00999. The smallest absolute Gasteiger partial charge is 0.258 e. The molecule has 0 radical (unpaired) electrons. The molecule has 2 aromatic heterocycles. The Labute approximate surface area is 109 Å². The molecule has 6 nitrogen and oxygen atoms in total. The van der Waals surface area contributed by atoms with E-state index >= 15 is 0 Å². The summed E-state index contributed by atoms with van der Waals surface area (Å²) in [6.07, 6.45) is 3.08. The summed E-state index contributed by atoms with van der Waals surface area (Å²) in [6, 6.07) is 3.09. The number of rotatable bonds is 5. The number of aromatic nitrogens is 2. The zero-order chi connectivity index (χ0) is 13.0. The summed E-state index contributed by atoms with van der Waals surface area (Å²) in [5, 5.41) is -0.00999. The number of nitrogens with two attached hydrogens (primary N) is 1. The normalized spacial score (nSPS) is 11.6. The number of nitrogens with one attached hydrogen (secondary N) is 1. The van der Waals surface area contributed by atoms with E-state index in [0.717, 1.165) is 10.4 Å². The van der Waals surface area contributed by atoms with Crippen LogP contribution in [-0.4, -0.2) is 18.4 Å². The average molecular weight is 284 g/mol. The Morgan fingerprint density at radius 2 is 2.17 bits per heavy atom. The van der Waals surface area contributed by atoms with Crippen LogP contribution in [0.3, 0.4) is 0 Å². The zero-order valence-corrected chi connectivity index (χ0v) is 11.0. The maximum Gasteiger partial charge on any atom is 0.258 e. The number of sulfonamides is 1. The molecule has 0 unspecified atom stereocenters. The number of thiazole rings is 1. The van der Waals surface area contributed by atoms with Gasteiger partial charge in [-0.1, -0.05) is 6.07 Å². The van der Waals surface area contributed by atoms with Gasteiger partial charge in [0.05, 0.1) is 5.51 Å². The Morgan fingerprint density at radius 3 is 2.72 bits per heavy atom. The molecular formula is C10H12N4O2S2. The lowest BCUT2D eigenvalue weighted by atomic mass is 10.3. The highest BCUT2D eigenvalue weighted by molar-refractivity contribution is 7.89. The van der Waals surface area contributed by atoms with Crippen molar-refractivity contribution in [1.29, 1.82) is 0 Å². The summed E-state index contributed by atoms with van der Waals surface area (Å²) in [4.78, 5) is 8.60. The average Bonchev–Trinajstić information content (AvgIpc) is 2.90. The third-order valence-electron chi connectivity index (χ3n) is 2.23. The molecule has 0 saturated heterocycles. The lowest BCUT2D eigenvalue weighted by Gasteiger charge is -2.05. The van der Waals surface area contributed by atoms with E-state index in [2.05, 4.69) is 14.7 Å². The van der Waals surface area contributed by atoms with Crippen LogP contribution in [0, 0.1) is 0 Å². The summed E-state index contributed by atoms with van der Waals surface area (Å²) in [5.74, 6) is 0. The van der Waals surface area contributed by atoms with Crippen molar-refractivity contribution in [2.45, 2.75) is 18.1 Å². The largest absolute Gasteiger partial charge is 0.326 e. The summed E-state index contributed by atoms with van der Waals surface area (Å²) >= 11 is 1.39. The van der Waals surface area contributed by atoms with Gasteiger partial charge >= 0.3 is 0 Å². The summed E-state index contributed by atoms with van der Waals surface area (Å²) in [6.45, 7) is 0.551. The molecule has 0 amide bonds. The van der Waals surface area contributed by atoms with Gasteiger partial charge in [-0.05, 0) is 11.6 Å². The van der Waals surface area contributed by atoms with Gasteiger partial charge in [-0.25, -0.2) is 18.1 Å². The van der Waals surface area contributed by atoms with E-state index in [1.165, 1.54) is 23.6 Å². The number of hydrogen-bond acceptors (Lipinski definition) is 6. The first-order valence-electron chi connectivity index (χ1n) is 5.14. The van der Waals surface area contributed by atoms with Gasteiger partial charge in [-0.3, -0.25) is 4.98 Å². The van der Waals surface area contributed by atoms with E-state index in [1.54, 1.807) is 17.8 Å². The highest BCUT2D eigenvalue weighted by Gasteiger charge is 2.15. The molecule has 0 fully saturated rings. The fraction of sp³-hybridized carbons (Fsp3) is 0.200. The second-order valence-corrected chi connectivity index (χ2v) is 6.19. The van der Waals surface area contributed by atoms with Crippen molar-refractivity contribution in [2.75, 3.05) is 0 Å². The van der Waals surface area contributed by atoms with Crippen LogP contribution in [0.4, 0.5) is 0 Å². The minimum atomic E-state index is -3.58. The second kappa shape index (κ2) is 5.53. The standard InChI is InChI=1S/C10H12N4O2S2/c11-3-8-1-2-10(13-4-8)18(15,16)14-6-9-5-12-7-17-9/h1-2,4-5,7,14H,3,6,11H2. The predicted octanol–water partition coefficient (Wildman–Crippen LogP) is 0.475. The van der Waals surface area contributed by atoms with E-state index in [-0.39, 0.29) is 11.6 Å². The predicted molar refractivity (Wildman–Crippen MR) is 68.3 cm³/mol. The summed E-state index contributed by atoms with van der Waals surface area (Å²) in [5.41, 5.74) is 7.86. The Hall–Kier alpha value is -1.35. The SMILES string of the molecule is NCc1ccc(S(=O)(=O)NCc2cncs2)nc1. The molecule has 0 aliphatic rings. The van der Waals surface area contributed by atoms with Crippen molar-refractivity contribution in [3.8, 4) is 0 Å². The Kier molecular flexibility index (Phi) is 4.02. The fourth-order valence-corrected chi connectivity index (χ4v) is 2.82. The Morgan fingerprint density at radius 1 is 1.33 bits per heavy atom. The highest BCUT2D eigenvalue weighted by atomic mass is 32.2. The fourth-order valence-electron chi connectivity index (χ4n) is 1.26. The van der Waals surface area contributed by atoms with E-state index in [1.807, 2.05) is 0 Å². The van der Waals surface area contributed by atoms with Crippen LogP contribution >= 0.6 is 11.3 Å². The van der Waals surface area contributed by atoms with Gasteiger partial charge in [0, 0.05) is 30.4 Å². The highest BCUT2D eigenvalue weighted by Crippen LogP contribution is 2.09. The van der Waals surface area contributed by atoms with E-state index in [9.17, 15) is 8.42 Å². The lowest BCUT2D eigenvalue weighted by Crippen LogP contribution is -2.23. The third kappa shape index (κ3) is 3.10. The number of hydrogen-bond donors (Lipinski definition) is 2. The molecule has 0 aromatic carbocycles. The molecule has 96 valence electrons. The molecular weight excluding hydrogens is 272 g/mol. The van der Waals surface area contributed by atoms with Gasteiger partial charge in [0.25, 0.3) is 10.0 Å².